The summed E-state index contributed by atoms with van der Waals surface area (Å²) in [5, 5.41) is 16.5. The Morgan fingerprint density at radius 3 is 2.14 bits per heavy atom. The molecule has 0 radical (unpaired) electrons. The second-order valence-corrected chi connectivity index (χ2v) is 8.77. The molecular formula is C25H16BrF6N3O2. The molecule has 4 aromatic rings. The number of aromatic nitrogens is 2. The Kier molecular flexibility index (Phi) is 7.05. The van der Waals surface area contributed by atoms with Crippen LogP contribution in [-0.2, 0) is 18.9 Å². The van der Waals surface area contributed by atoms with Crippen LogP contribution in [0.25, 0.3) is 16.9 Å². The van der Waals surface area contributed by atoms with Crippen molar-refractivity contribution in [1.82, 2.24) is 9.78 Å². The number of aromatic carboxylic acids is 1. The highest BCUT2D eigenvalue weighted by atomic mass is 79.9. The fraction of sp³-hybridized carbons (Fsp3) is 0.120. The van der Waals surface area contributed by atoms with Gasteiger partial charge < -0.3 is 10.4 Å². The maximum atomic E-state index is 13.3. The fourth-order valence-electron chi connectivity index (χ4n) is 3.54. The minimum atomic E-state index is -4.57. The van der Waals surface area contributed by atoms with Crippen molar-refractivity contribution >= 4 is 27.6 Å². The van der Waals surface area contributed by atoms with Crippen molar-refractivity contribution in [2.24, 2.45) is 0 Å². The predicted octanol–water partition coefficient (Wildman–Crippen LogP) is 7.65. The van der Waals surface area contributed by atoms with Gasteiger partial charge in [0.2, 0.25) is 0 Å². The highest BCUT2D eigenvalue weighted by Gasteiger charge is 2.33. The first kappa shape index (κ1) is 26.3. The molecule has 0 unspecified atom stereocenters. The van der Waals surface area contributed by atoms with Gasteiger partial charge in [-0.25, -0.2) is 9.48 Å². The first-order chi connectivity index (χ1) is 17.3. The number of nitrogens with zero attached hydrogens (tertiary/aromatic N) is 2. The summed E-state index contributed by atoms with van der Waals surface area (Å²) in [6.07, 6.45) is -7.53. The minimum Gasteiger partial charge on any atom is -0.478 e. The molecule has 0 amide bonds. The maximum absolute atomic E-state index is 13.3. The number of carboxylic acid groups (broad SMARTS) is 1. The van der Waals surface area contributed by atoms with Crippen LogP contribution < -0.4 is 5.32 Å². The van der Waals surface area contributed by atoms with Gasteiger partial charge in [0, 0.05) is 34.0 Å². The first-order valence-corrected chi connectivity index (χ1v) is 11.3. The van der Waals surface area contributed by atoms with E-state index in [1.807, 2.05) is 0 Å². The molecule has 0 fully saturated rings. The standard InChI is InChI=1S/C25H16BrF6N3O2/c26-21-10-7-18(11-20(21)25(30,31)32)33-12-16-13-35(19-8-5-17(6-9-19)24(27,28)29)34-22(16)14-1-3-15(4-2-14)23(36)37/h1-11,13,33H,12H2,(H,36,37). The quantitative estimate of drug-likeness (QED) is 0.229. The number of anilines is 1. The molecule has 3 aromatic carbocycles. The number of hydrogen-bond acceptors (Lipinski definition) is 3. The average molecular weight is 584 g/mol. The zero-order valence-electron chi connectivity index (χ0n) is 18.5. The lowest BCUT2D eigenvalue weighted by molar-refractivity contribution is -0.138. The third-order valence-electron chi connectivity index (χ3n) is 5.41. The van der Waals surface area contributed by atoms with E-state index in [9.17, 15) is 31.1 Å². The zero-order valence-corrected chi connectivity index (χ0v) is 20.1. The number of rotatable bonds is 6. The van der Waals surface area contributed by atoms with Crippen LogP contribution in [0.1, 0.15) is 27.0 Å². The Labute approximate surface area is 214 Å². The van der Waals surface area contributed by atoms with Gasteiger partial charge in [0.15, 0.2) is 0 Å². The molecule has 0 atom stereocenters. The van der Waals surface area contributed by atoms with Gasteiger partial charge in [0.1, 0.15) is 0 Å². The molecule has 12 heteroatoms. The maximum Gasteiger partial charge on any atom is 0.417 e. The van der Waals surface area contributed by atoms with Crippen molar-refractivity contribution in [1.29, 1.82) is 0 Å². The number of nitrogens with one attached hydrogen (secondary N) is 1. The van der Waals surface area contributed by atoms with E-state index in [0.29, 0.717) is 22.5 Å². The topological polar surface area (TPSA) is 67.1 Å². The van der Waals surface area contributed by atoms with E-state index in [1.54, 1.807) is 6.20 Å². The Morgan fingerprint density at radius 1 is 0.919 bits per heavy atom. The monoisotopic (exact) mass is 583 g/mol. The van der Waals surface area contributed by atoms with Gasteiger partial charge in [0.25, 0.3) is 0 Å². The van der Waals surface area contributed by atoms with Crippen molar-refractivity contribution in [2.75, 3.05) is 5.32 Å². The van der Waals surface area contributed by atoms with E-state index in [1.165, 1.54) is 53.2 Å². The molecule has 1 aromatic heterocycles. The summed E-state index contributed by atoms with van der Waals surface area (Å²) in [5.74, 6) is -1.13. The highest BCUT2D eigenvalue weighted by molar-refractivity contribution is 9.10. The summed E-state index contributed by atoms with van der Waals surface area (Å²) in [4.78, 5) is 11.2. The highest BCUT2D eigenvalue weighted by Crippen LogP contribution is 2.37. The summed E-state index contributed by atoms with van der Waals surface area (Å²) in [7, 11) is 0. The number of carboxylic acids is 1. The van der Waals surface area contributed by atoms with Gasteiger partial charge in [-0.3, -0.25) is 0 Å². The SMILES string of the molecule is O=C(O)c1ccc(-c2nn(-c3ccc(C(F)(F)F)cc3)cc2CNc2ccc(Br)c(C(F)(F)F)c2)cc1. The largest absolute Gasteiger partial charge is 0.478 e. The van der Waals surface area contributed by atoms with E-state index in [2.05, 4.69) is 26.3 Å². The molecular weight excluding hydrogens is 568 g/mol. The molecule has 0 saturated carbocycles. The average Bonchev–Trinajstić information content (AvgIpc) is 3.26. The molecule has 0 bridgehead atoms. The predicted molar refractivity (Wildman–Crippen MR) is 127 cm³/mol. The molecule has 37 heavy (non-hydrogen) atoms. The van der Waals surface area contributed by atoms with Gasteiger partial charge in [0.05, 0.1) is 28.1 Å². The summed E-state index contributed by atoms with van der Waals surface area (Å²) in [6.45, 7) is 0.0234. The minimum absolute atomic E-state index is 0.0234. The molecule has 5 nitrogen and oxygen atoms in total. The third kappa shape index (κ3) is 5.96. The van der Waals surface area contributed by atoms with Crippen LogP contribution in [0.3, 0.4) is 0 Å². The first-order valence-electron chi connectivity index (χ1n) is 10.5. The smallest absolute Gasteiger partial charge is 0.417 e. The van der Waals surface area contributed by atoms with Crippen LogP contribution in [0.15, 0.2) is 77.4 Å². The summed E-state index contributed by atoms with van der Waals surface area (Å²) >= 11 is 2.89. The van der Waals surface area contributed by atoms with E-state index in [-0.39, 0.29) is 22.3 Å². The van der Waals surface area contributed by atoms with Gasteiger partial charge >= 0.3 is 18.3 Å². The second-order valence-electron chi connectivity index (χ2n) is 7.92. The summed E-state index contributed by atoms with van der Waals surface area (Å²) in [5.41, 5.74) is 0.264. The Bertz CT molecular complexity index is 1430. The van der Waals surface area contributed by atoms with Crippen molar-refractivity contribution in [3.63, 3.8) is 0 Å². The van der Waals surface area contributed by atoms with Crippen LogP contribution >= 0.6 is 15.9 Å². The Morgan fingerprint density at radius 2 is 1.57 bits per heavy atom. The fourth-order valence-corrected chi connectivity index (χ4v) is 4.01. The number of hydrogen-bond donors (Lipinski definition) is 2. The van der Waals surface area contributed by atoms with Gasteiger partial charge in [-0.2, -0.15) is 31.4 Å². The zero-order chi connectivity index (χ0) is 27.0. The van der Waals surface area contributed by atoms with E-state index < -0.39 is 29.4 Å². The lowest BCUT2D eigenvalue weighted by atomic mass is 10.1. The Balaban J connectivity index is 1.70. The lowest BCUT2D eigenvalue weighted by Crippen LogP contribution is -2.08. The molecule has 0 aliphatic rings. The van der Waals surface area contributed by atoms with Gasteiger partial charge in [-0.15, -0.1) is 0 Å². The molecule has 0 aliphatic heterocycles. The molecule has 0 spiro atoms. The normalized spacial score (nSPS) is 12.0. The summed E-state index contributed by atoms with van der Waals surface area (Å²) < 4.78 is 79.9. The van der Waals surface area contributed by atoms with Crippen LogP contribution in [0.5, 0.6) is 0 Å². The number of halogens is 7. The van der Waals surface area contributed by atoms with Crippen molar-refractivity contribution in [3.8, 4) is 16.9 Å². The van der Waals surface area contributed by atoms with Crippen molar-refractivity contribution < 1.29 is 36.2 Å². The number of carbonyl (C=O) groups is 1. The molecule has 4 rings (SSSR count). The van der Waals surface area contributed by atoms with Crippen LogP contribution in [0, 0.1) is 0 Å². The van der Waals surface area contributed by atoms with E-state index >= 15 is 0 Å². The van der Waals surface area contributed by atoms with Crippen LogP contribution in [0.4, 0.5) is 32.0 Å². The van der Waals surface area contributed by atoms with Gasteiger partial charge in [-0.1, -0.05) is 28.1 Å². The third-order valence-corrected chi connectivity index (χ3v) is 6.10. The summed E-state index contributed by atoms with van der Waals surface area (Å²) in [6, 6.07) is 13.8. The molecule has 1 heterocycles. The number of alkyl halides is 6. The Hall–Kier alpha value is -3.80. The lowest BCUT2D eigenvalue weighted by Gasteiger charge is -2.12. The molecule has 2 N–H and O–H groups in total. The van der Waals surface area contributed by atoms with E-state index in [0.717, 1.165) is 18.2 Å². The number of benzene rings is 3. The van der Waals surface area contributed by atoms with E-state index in [4.69, 9.17) is 5.11 Å². The van der Waals surface area contributed by atoms with Crippen molar-refractivity contribution in [2.45, 2.75) is 18.9 Å². The van der Waals surface area contributed by atoms with Gasteiger partial charge in [-0.05, 0) is 54.6 Å². The van der Waals surface area contributed by atoms with Crippen LogP contribution in [-0.4, -0.2) is 20.9 Å². The van der Waals surface area contributed by atoms with Crippen molar-refractivity contribution in [3.05, 3.63) is 99.7 Å². The molecule has 0 aliphatic carbocycles. The second kappa shape index (κ2) is 9.92. The van der Waals surface area contributed by atoms with Crippen LogP contribution in [0.2, 0.25) is 0 Å². The molecule has 0 saturated heterocycles. The molecule has 192 valence electrons.